The fourth-order valence-electron chi connectivity index (χ4n) is 3.42. The van der Waals surface area contributed by atoms with E-state index in [1.165, 1.54) is 6.20 Å². The molecule has 0 spiro atoms. The molecule has 1 aliphatic heterocycles. The maximum Gasteiger partial charge on any atom is 0.246 e. The van der Waals surface area contributed by atoms with Gasteiger partial charge in [-0.3, -0.25) is 9.78 Å². The van der Waals surface area contributed by atoms with Crippen LogP contribution >= 0.6 is 0 Å². The van der Waals surface area contributed by atoms with E-state index in [1.54, 1.807) is 8.99 Å². The topological polar surface area (TPSA) is 83.9 Å². The molecule has 0 radical (unpaired) electrons. The molecule has 7 nitrogen and oxygen atoms in total. The van der Waals surface area contributed by atoms with Crippen molar-refractivity contribution in [3.8, 4) is 0 Å². The first-order valence-electron chi connectivity index (χ1n) is 8.45. The van der Waals surface area contributed by atoms with Crippen molar-refractivity contribution in [1.82, 2.24) is 24.3 Å². The number of nitrogens with zero attached hydrogens (tertiary/aromatic N) is 4. The molecule has 24 heavy (non-hydrogen) atoms. The van der Waals surface area contributed by atoms with Crippen LogP contribution in [0.3, 0.4) is 0 Å². The normalized spacial score (nSPS) is 19.7. The Hall–Kier alpha value is -1.67. The minimum absolute atomic E-state index is 0.314. The van der Waals surface area contributed by atoms with E-state index >= 15 is 0 Å². The standard InChI is InChI=1S/C16H25N5O2S/c1-4-21-13(3)16(10-18-21)24(22,23)20-7-5-6-14(11-20)8-15-12(2)9-17-19-15/h9-10,14H,4-8,11H2,1-3H3,(H,17,19)/t14-/m1/s1. The molecule has 1 aliphatic rings. The molecule has 2 aromatic rings. The molecule has 0 amide bonds. The summed E-state index contributed by atoms with van der Waals surface area (Å²) in [4.78, 5) is 0.336. The van der Waals surface area contributed by atoms with Crippen molar-refractivity contribution in [2.75, 3.05) is 13.1 Å². The number of hydrogen-bond acceptors (Lipinski definition) is 4. The van der Waals surface area contributed by atoms with Crippen molar-refractivity contribution in [3.05, 3.63) is 29.3 Å². The SMILES string of the molecule is CCn1ncc(S(=O)(=O)N2CCC[C@H](Cc3[nH]ncc3C)C2)c1C. The van der Waals surface area contributed by atoms with Crippen LogP contribution in [-0.4, -0.2) is 45.8 Å². The first kappa shape index (κ1) is 17.2. The number of aromatic amines is 1. The Labute approximate surface area is 143 Å². The zero-order chi connectivity index (χ0) is 17.3. The summed E-state index contributed by atoms with van der Waals surface area (Å²) in [6.07, 6.45) is 6.06. The molecule has 1 fully saturated rings. The van der Waals surface area contributed by atoms with E-state index in [4.69, 9.17) is 0 Å². The number of sulfonamides is 1. The van der Waals surface area contributed by atoms with E-state index in [2.05, 4.69) is 15.3 Å². The highest BCUT2D eigenvalue weighted by molar-refractivity contribution is 7.89. The van der Waals surface area contributed by atoms with Crippen molar-refractivity contribution >= 4 is 10.0 Å². The van der Waals surface area contributed by atoms with E-state index in [0.717, 1.165) is 30.5 Å². The number of H-pyrrole nitrogens is 1. The monoisotopic (exact) mass is 351 g/mol. The summed E-state index contributed by atoms with van der Waals surface area (Å²) in [5.41, 5.74) is 2.95. The van der Waals surface area contributed by atoms with Gasteiger partial charge in [-0.1, -0.05) is 0 Å². The first-order chi connectivity index (χ1) is 11.4. The molecule has 1 atom stereocenters. The molecule has 8 heteroatoms. The summed E-state index contributed by atoms with van der Waals surface area (Å²) in [7, 11) is -3.48. The van der Waals surface area contributed by atoms with Crippen molar-refractivity contribution in [3.63, 3.8) is 0 Å². The van der Waals surface area contributed by atoms with Gasteiger partial charge in [0, 0.05) is 25.3 Å². The van der Waals surface area contributed by atoms with Gasteiger partial charge in [-0.15, -0.1) is 0 Å². The van der Waals surface area contributed by atoms with Crippen molar-refractivity contribution in [2.24, 2.45) is 5.92 Å². The molecular formula is C16H25N5O2S. The average Bonchev–Trinajstić information content (AvgIpc) is 3.14. The van der Waals surface area contributed by atoms with Gasteiger partial charge >= 0.3 is 0 Å². The Morgan fingerprint density at radius 2 is 2.12 bits per heavy atom. The summed E-state index contributed by atoms with van der Waals surface area (Å²) in [5.74, 6) is 0.314. The van der Waals surface area contributed by atoms with Gasteiger partial charge in [-0.2, -0.15) is 14.5 Å². The van der Waals surface area contributed by atoms with Crippen LogP contribution in [-0.2, 0) is 23.0 Å². The average molecular weight is 351 g/mol. The zero-order valence-corrected chi connectivity index (χ0v) is 15.3. The second-order valence-electron chi connectivity index (χ2n) is 6.52. The molecule has 2 aromatic heterocycles. The van der Waals surface area contributed by atoms with Gasteiger partial charge in [0.1, 0.15) is 4.90 Å². The smallest absolute Gasteiger partial charge is 0.246 e. The summed E-state index contributed by atoms with van der Waals surface area (Å²) in [5, 5.41) is 11.3. The van der Waals surface area contributed by atoms with E-state index in [9.17, 15) is 8.42 Å². The maximum atomic E-state index is 13.0. The highest BCUT2D eigenvalue weighted by Crippen LogP contribution is 2.27. The molecule has 0 bridgehead atoms. The Morgan fingerprint density at radius 3 is 2.75 bits per heavy atom. The number of rotatable bonds is 5. The molecule has 3 rings (SSSR count). The molecule has 132 valence electrons. The molecule has 0 unspecified atom stereocenters. The van der Waals surface area contributed by atoms with Crippen LogP contribution in [0.5, 0.6) is 0 Å². The lowest BCUT2D eigenvalue weighted by Crippen LogP contribution is -2.40. The lowest BCUT2D eigenvalue weighted by Gasteiger charge is -2.31. The third-order valence-corrected chi connectivity index (χ3v) is 6.85. The highest BCUT2D eigenvalue weighted by atomic mass is 32.2. The van der Waals surface area contributed by atoms with Gasteiger partial charge in [0.05, 0.1) is 18.1 Å². The third-order valence-electron chi connectivity index (χ3n) is 4.88. The second-order valence-corrected chi connectivity index (χ2v) is 8.42. The number of nitrogens with one attached hydrogen (secondary N) is 1. The third kappa shape index (κ3) is 3.12. The van der Waals surface area contributed by atoms with E-state index in [-0.39, 0.29) is 0 Å². The van der Waals surface area contributed by atoms with Gasteiger partial charge in [0.25, 0.3) is 0 Å². The Bertz CT molecular complexity index is 808. The predicted molar refractivity (Wildman–Crippen MR) is 91.1 cm³/mol. The number of hydrogen-bond donors (Lipinski definition) is 1. The number of aromatic nitrogens is 4. The van der Waals surface area contributed by atoms with Crippen LogP contribution in [0.1, 0.15) is 36.7 Å². The van der Waals surface area contributed by atoms with Crippen LogP contribution in [0.15, 0.2) is 17.3 Å². The minimum atomic E-state index is -3.48. The number of aryl methyl sites for hydroxylation is 2. The molecule has 1 saturated heterocycles. The summed E-state index contributed by atoms with van der Waals surface area (Å²) in [6.45, 7) is 7.61. The summed E-state index contributed by atoms with van der Waals surface area (Å²) >= 11 is 0. The fourth-order valence-corrected chi connectivity index (χ4v) is 5.13. The second kappa shape index (κ2) is 6.68. The van der Waals surface area contributed by atoms with Crippen molar-refractivity contribution < 1.29 is 8.42 Å². The van der Waals surface area contributed by atoms with E-state index < -0.39 is 10.0 Å². The summed E-state index contributed by atoms with van der Waals surface area (Å²) < 4.78 is 29.4. The lowest BCUT2D eigenvalue weighted by atomic mass is 9.94. The Morgan fingerprint density at radius 1 is 1.33 bits per heavy atom. The highest BCUT2D eigenvalue weighted by Gasteiger charge is 2.32. The largest absolute Gasteiger partial charge is 0.282 e. The lowest BCUT2D eigenvalue weighted by molar-refractivity contribution is 0.264. The van der Waals surface area contributed by atoms with Crippen LogP contribution < -0.4 is 0 Å². The van der Waals surface area contributed by atoms with Gasteiger partial charge in [-0.05, 0) is 51.5 Å². The first-order valence-corrected chi connectivity index (χ1v) is 9.89. The summed E-state index contributed by atoms with van der Waals surface area (Å²) in [6, 6.07) is 0. The predicted octanol–water partition coefficient (Wildman–Crippen LogP) is 1.89. The Balaban J connectivity index is 1.78. The molecular weight excluding hydrogens is 326 g/mol. The molecule has 0 aromatic carbocycles. The quantitative estimate of drug-likeness (QED) is 0.891. The van der Waals surface area contributed by atoms with Crippen LogP contribution in [0.2, 0.25) is 0 Å². The van der Waals surface area contributed by atoms with Crippen LogP contribution in [0.25, 0.3) is 0 Å². The van der Waals surface area contributed by atoms with Crippen molar-refractivity contribution in [1.29, 1.82) is 0 Å². The van der Waals surface area contributed by atoms with Gasteiger partial charge in [-0.25, -0.2) is 8.42 Å². The molecule has 1 N–H and O–H groups in total. The number of piperidine rings is 1. The van der Waals surface area contributed by atoms with Crippen LogP contribution in [0, 0.1) is 19.8 Å². The van der Waals surface area contributed by atoms with Crippen LogP contribution in [0.4, 0.5) is 0 Å². The van der Waals surface area contributed by atoms with Gasteiger partial charge in [0.2, 0.25) is 10.0 Å². The Kier molecular flexibility index (Phi) is 4.78. The zero-order valence-electron chi connectivity index (χ0n) is 14.5. The fraction of sp³-hybridized carbons (Fsp3) is 0.625. The molecule has 0 saturated carbocycles. The van der Waals surface area contributed by atoms with E-state index in [1.807, 2.05) is 27.0 Å². The molecule has 0 aliphatic carbocycles. The van der Waals surface area contributed by atoms with Gasteiger partial charge in [0.15, 0.2) is 0 Å². The van der Waals surface area contributed by atoms with E-state index in [0.29, 0.717) is 36.1 Å². The minimum Gasteiger partial charge on any atom is -0.282 e. The van der Waals surface area contributed by atoms with Gasteiger partial charge < -0.3 is 0 Å². The maximum absolute atomic E-state index is 13.0. The van der Waals surface area contributed by atoms with Crippen molar-refractivity contribution in [2.45, 2.75) is 51.5 Å². The molecule has 3 heterocycles.